The Kier molecular flexibility index (Phi) is 46.6. The van der Waals surface area contributed by atoms with E-state index < -0.39 is 6.10 Å². The number of ether oxygens (including phenoxy) is 3. The molecule has 1 atom stereocenters. The van der Waals surface area contributed by atoms with Crippen molar-refractivity contribution < 1.29 is 28.6 Å². The van der Waals surface area contributed by atoms with E-state index in [9.17, 15) is 14.4 Å². The second kappa shape index (κ2) is 49.7. The van der Waals surface area contributed by atoms with Crippen molar-refractivity contribution in [2.24, 2.45) is 0 Å². The van der Waals surface area contributed by atoms with Crippen LogP contribution >= 0.6 is 0 Å². The fourth-order valence-electron chi connectivity index (χ4n) is 6.31. The van der Waals surface area contributed by atoms with Gasteiger partial charge in [-0.15, -0.1) is 0 Å². The lowest BCUT2D eigenvalue weighted by Crippen LogP contribution is -2.30. The molecule has 0 N–H and O–H groups in total. The highest BCUT2D eigenvalue weighted by molar-refractivity contribution is 5.71. The summed E-state index contributed by atoms with van der Waals surface area (Å²) >= 11 is 0. The van der Waals surface area contributed by atoms with E-state index >= 15 is 0 Å². The molecule has 0 amide bonds. The third kappa shape index (κ3) is 47.1. The van der Waals surface area contributed by atoms with Gasteiger partial charge in [-0.25, -0.2) is 0 Å². The molecule has 0 fully saturated rings. The molecule has 0 aromatic rings. The van der Waals surface area contributed by atoms with E-state index in [0.29, 0.717) is 12.8 Å². The van der Waals surface area contributed by atoms with Gasteiger partial charge in [0.15, 0.2) is 6.10 Å². The number of rotatable bonds is 43. The van der Waals surface area contributed by atoms with Gasteiger partial charge >= 0.3 is 17.9 Å². The first kappa shape index (κ1) is 58.1. The Morgan fingerprint density at radius 1 is 0.339 bits per heavy atom. The second-order valence-electron chi connectivity index (χ2n) is 16.0. The first-order valence-corrected chi connectivity index (χ1v) is 24.9. The number of carbonyl (C=O) groups excluding carboxylic acids is 3. The van der Waals surface area contributed by atoms with Gasteiger partial charge in [-0.05, 0) is 116 Å². The first-order valence-electron chi connectivity index (χ1n) is 24.9. The number of esters is 3. The number of allylic oxidation sites excluding steroid dienone is 18. The van der Waals surface area contributed by atoms with Crippen LogP contribution in [0.25, 0.3) is 0 Å². The molecule has 62 heavy (non-hydrogen) atoms. The van der Waals surface area contributed by atoms with E-state index in [4.69, 9.17) is 14.2 Å². The Labute approximate surface area is 380 Å². The number of unbranched alkanes of at least 4 members (excludes halogenated alkanes) is 14. The molecule has 0 saturated heterocycles. The largest absolute Gasteiger partial charge is 0.462 e. The van der Waals surface area contributed by atoms with Crippen molar-refractivity contribution in [3.8, 4) is 0 Å². The molecule has 0 rings (SSSR count). The Morgan fingerprint density at radius 2 is 0.629 bits per heavy atom. The van der Waals surface area contributed by atoms with Gasteiger partial charge < -0.3 is 14.2 Å². The summed E-state index contributed by atoms with van der Waals surface area (Å²) in [5.41, 5.74) is 0. The van der Waals surface area contributed by atoms with Gasteiger partial charge in [0.05, 0.1) is 0 Å². The SMILES string of the molecule is CC/C=C\C/C=C\C/C=C\C/C=C\CCCCCCC(=O)OCC(COC(=O)CCCCCCC/C=C\CCC)OC(=O)CCCCCC/C=C\C/C=C\C/C=C\C/C=C\CC. The fraction of sp³-hybridized carbons (Fsp3) is 0.625. The first-order chi connectivity index (χ1) is 30.5. The molecule has 0 heterocycles. The number of hydrogen-bond acceptors (Lipinski definition) is 6. The van der Waals surface area contributed by atoms with Gasteiger partial charge in [0.1, 0.15) is 13.2 Å². The van der Waals surface area contributed by atoms with E-state index in [1.54, 1.807) is 0 Å². The van der Waals surface area contributed by atoms with Crippen molar-refractivity contribution in [1.82, 2.24) is 0 Å². The van der Waals surface area contributed by atoms with Crippen molar-refractivity contribution in [2.45, 2.75) is 213 Å². The minimum Gasteiger partial charge on any atom is -0.462 e. The molecule has 0 saturated carbocycles. The summed E-state index contributed by atoms with van der Waals surface area (Å²) in [6, 6.07) is 0. The molecule has 6 nitrogen and oxygen atoms in total. The van der Waals surface area contributed by atoms with Crippen molar-refractivity contribution in [1.29, 1.82) is 0 Å². The van der Waals surface area contributed by atoms with Crippen LogP contribution in [0.3, 0.4) is 0 Å². The van der Waals surface area contributed by atoms with Crippen LogP contribution in [-0.2, 0) is 28.6 Å². The minimum atomic E-state index is -0.805. The van der Waals surface area contributed by atoms with E-state index in [1.807, 2.05) is 0 Å². The van der Waals surface area contributed by atoms with Crippen LogP contribution in [0.1, 0.15) is 207 Å². The molecule has 1 unspecified atom stereocenters. The highest BCUT2D eigenvalue weighted by atomic mass is 16.6. The highest BCUT2D eigenvalue weighted by Crippen LogP contribution is 2.12. The molecule has 6 heteroatoms. The van der Waals surface area contributed by atoms with Crippen molar-refractivity contribution in [3.05, 3.63) is 109 Å². The molecule has 0 radical (unpaired) electrons. The molecule has 350 valence electrons. The lowest BCUT2D eigenvalue weighted by molar-refractivity contribution is -0.167. The summed E-state index contributed by atoms with van der Waals surface area (Å²) < 4.78 is 16.7. The lowest BCUT2D eigenvalue weighted by Gasteiger charge is -2.18. The number of hydrogen-bond donors (Lipinski definition) is 0. The molecule has 0 spiro atoms. The maximum atomic E-state index is 12.8. The van der Waals surface area contributed by atoms with Gasteiger partial charge in [-0.3, -0.25) is 14.4 Å². The predicted octanol–water partition coefficient (Wildman–Crippen LogP) is 16.4. The molecule has 0 aromatic carbocycles. The van der Waals surface area contributed by atoms with Crippen LogP contribution in [-0.4, -0.2) is 37.2 Å². The Morgan fingerprint density at radius 3 is 1.00 bits per heavy atom. The minimum absolute atomic E-state index is 0.103. The molecule has 0 aromatic heterocycles. The van der Waals surface area contributed by atoms with Gasteiger partial charge in [0.2, 0.25) is 0 Å². The summed E-state index contributed by atoms with van der Waals surface area (Å²) in [4.78, 5) is 37.9. The fourth-order valence-corrected chi connectivity index (χ4v) is 6.31. The van der Waals surface area contributed by atoms with Crippen LogP contribution in [0.5, 0.6) is 0 Å². The zero-order valence-electron chi connectivity index (χ0n) is 39.8. The third-order valence-corrected chi connectivity index (χ3v) is 9.97. The normalized spacial score (nSPS) is 13.0. The summed E-state index contributed by atoms with van der Waals surface area (Å²) in [7, 11) is 0. The Hall–Kier alpha value is -3.93. The van der Waals surface area contributed by atoms with Crippen molar-refractivity contribution in [3.63, 3.8) is 0 Å². The van der Waals surface area contributed by atoms with E-state index in [0.717, 1.165) is 154 Å². The Balaban J connectivity index is 4.48. The lowest BCUT2D eigenvalue weighted by atomic mass is 10.1. The smallest absolute Gasteiger partial charge is 0.306 e. The summed E-state index contributed by atoms with van der Waals surface area (Å²) in [6.07, 6.45) is 66.4. The maximum Gasteiger partial charge on any atom is 0.306 e. The molecule has 0 aliphatic rings. The van der Waals surface area contributed by atoms with Crippen LogP contribution in [0.15, 0.2) is 109 Å². The Bertz CT molecular complexity index is 1310. The quantitative estimate of drug-likeness (QED) is 0.0263. The zero-order valence-corrected chi connectivity index (χ0v) is 39.8. The summed E-state index contributed by atoms with van der Waals surface area (Å²) in [6.45, 7) is 6.28. The second-order valence-corrected chi connectivity index (χ2v) is 16.0. The van der Waals surface area contributed by atoms with E-state index in [1.165, 1.54) is 12.8 Å². The van der Waals surface area contributed by atoms with Gasteiger partial charge in [-0.1, -0.05) is 182 Å². The standard InChI is InChI=1S/C56H90O6/c1-4-7-10-13-16-19-22-24-26-28-30-32-34-37-40-43-46-49-55(58)61-52-53(51-60-54(57)48-45-42-39-36-21-18-15-12-9-6-3)62-56(59)50-47-44-41-38-35-33-31-29-27-25-23-20-17-14-11-8-5-2/h7-8,10-12,15-17,19-20,24-27,30-33,53H,4-6,9,13-14,18,21-23,28-29,34-52H2,1-3H3/b10-7-,11-8-,15-12-,19-16-,20-17-,26-24-,27-25-,32-30-,33-31-. The molecule has 0 aliphatic heterocycles. The van der Waals surface area contributed by atoms with Gasteiger partial charge in [-0.2, -0.15) is 0 Å². The highest BCUT2D eigenvalue weighted by Gasteiger charge is 2.19. The zero-order chi connectivity index (χ0) is 45.1. The maximum absolute atomic E-state index is 12.8. The molecular weight excluding hydrogens is 769 g/mol. The van der Waals surface area contributed by atoms with Crippen molar-refractivity contribution in [2.75, 3.05) is 13.2 Å². The molecule has 0 bridgehead atoms. The van der Waals surface area contributed by atoms with Gasteiger partial charge in [0, 0.05) is 19.3 Å². The van der Waals surface area contributed by atoms with Crippen molar-refractivity contribution >= 4 is 17.9 Å². The summed E-state index contributed by atoms with van der Waals surface area (Å²) in [5, 5.41) is 0. The molecular formula is C56H90O6. The average molecular weight is 859 g/mol. The summed E-state index contributed by atoms with van der Waals surface area (Å²) in [5.74, 6) is -0.970. The topological polar surface area (TPSA) is 78.9 Å². The van der Waals surface area contributed by atoms with Crippen LogP contribution < -0.4 is 0 Å². The molecule has 0 aliphatic carbocycles. The number of carbonyl (C=O) groups is 3. The van der Waals surface area contributed by atoms with Crippen LogP contribution in [0.4, 0.5) is 0 Å². The predicted molar refractivity (Wildman–Crippen MR) is 265 cm³/mol. The van der Waals surface area contributed by atoms with E-state index in [-0.39, 0.29) is 37.5 Å². The monoisotopic (exact) mass is 859 g/mol. The third-order valence-electron chi connectivity index (χ3n) is 9.97. The van der Waals surface area contributed by atoms with Crippen LogP contribution in [0, 0.1) is 0 Å². The average Bonchev–Trinajstić information content (AvgIpc) is 3.27. The van der Waals surface area contributed by atoms with Crippen LogP contribution in [0.2, 0.25) is 0 Å². The van der Waals surface area contributed by atoms with E-state index in [2.05, 4.69) is 130 Å². The van der Waals surface area contributed by atoms with Gasteiger partial charge in [0.25, 0.3) is 0 Å².